The van der Waals surface area contributed by atoms with Crippen LogP contribution < -0.4 is 10.6 Å². The van der Waals surface area contributed by atoms with Gasteiger partial charge >= 0.3 is 0 Å². The van der Waals surface area contributed by atoms with Crippen molar-refractivity contribution >= 4 is 11.3 Å². The summed E-state index contributed by atoms with van der Waals surface area (Å²) < 4.78 is 0. The van der Waals surface area contributed by atoms with E-state index >= 15 is 0 Å². The van der Waals surface area contributed by atoms with Gasteiger partial charge in [0.1, 0.15) is 0 Å². The first kappa shape index (κ1) is 11.0. The summed E-state index contributed by atoms with van der Waals surface area (Å²) in [6.07, 6.45) is -0.199. The first-order valence-corrected chi connectivity index (χ1v) is 6.14. The zero-order valence-corrected chi connectivity index (χ0v) is 9.68. The Kier molecular flexibility index (Phi) is 3.69. The molecule has 2 unspecified atom stereocenters. The van der Waals surface area contributed by atoms with Crippen LogP contribution >= 0.6 is 11.3 Å². The van der Waals surface area contributed by atoms with E-state index < -0.39 is 0 Å². The highest BCUT2D eigenvalue weighted by Crippen LogP contribution is 2.09. The number of hydrogen-bond donors (Lipinski definition) is 3. The van der Waals surface area contributed by atoms with Crippen molar-refractivity contribution in [3.05, 3.63) is 16.1 Å². The number of aryl methyl sites for hydroxylation is 1. The van der Waals surface area contributed by atoms with Crippen LogP contribution in [0.15, 0.2) is 5.38 Å². The van der Waals surface area contributed by atoms with E-state index in [9.17, 15) is 5.11 Å². The summed E-state index contributed by atoms with van der Waals surface area (Å²) in [6.45, 7) is 5.30. The third-order valence-corrected chi connectivity index (χ3v) is 3.51. The summed E-state index contributed by atoms with van der Waals surface area (Å²) in [6, 6.07) is 0. The van der Waals surface area contributed by atoms with Gasteiger partial charge in [-0.2, -0.15) is 0 Å². The van der Waals surface area contributed by atoms with Crippen LogP contribution in [0.5, 0.6) is 0 Å². The highest BCUT2D eigenvalue weighted by molar-refractivity contribution is 7.09. The predicted octanol–water partition coefficient (Wildman–Crippen LogP) is 0.121. The third-order valence-electron chi connectivity index (χ3n) is 2.68. The fourth-order valence-electron chi connectivity index (χ4n) is 1.80. The van der Waals surface area contributed by atoms with E-state index in [2.05, 4.69) is 21.0 Å². The molecule has 2 atom stereocenters. The van der Waals surface area contributed by atoms with Crippen LogP contribution in [0.25, 0.3) is 0 Å². The molecule has 0 bridgehead atoms. The van der Waals surface area contributed by atoms with Gasteiger partial charge in [-0.05, 0) is 6.92 Å². The molecule has 1 aromatic heterocycles. The lowest BCUT2D eigenvalue weighted by Gasteiger charge is -2.13. The molecular weight excluding hydrogens is 210 g/mol. The van der Waals surface area contributed by atoms with Crippen LogP contribution in [-0.2, 0) is 6.54 Å². The van der Waals surface area contributed by atoms with Gasteiger partial charge < -0.3 is 15.7 Å². The Bertz CT molecular complexity index is 315. The average Bonchev–Trinajstić information content (AvgIpc) is 2.77. The van der Waals surface area contributed by atoms with Gasteiger partial charge in [-0.1, -0.05) is 0 Å². The number of hydrogen-bond acceptors (Lipinski definition) is 5. The minimum absolute atomic E-state index is 0.199. The molecule has 2 heterocycles. The maximum atomic E-state index is 9.57. The van der Waals surface area contributed by atoms with E-state index in [-0.39, 0.29) is 6.10 Å². The summed E-state index contributed by atoms with van der Waals surface area (Å²) in [7, 11) is 0. The maximum absolute atomic E-state index is 9.57. The standard InChI is InChI=1S/C10H17N3OS/c1-7-13-9(6-15-7)4-11-2-8-3-12-5-10(8)14/h6,8,10-12,14H,2-5H2,1H3. The van der Waals surface area contributed by atoms with Gasteiger partial charge in [-0.15, -0.1) is 11.3 Å². The molecule has 0 saturated carbocycles. The Hall–Kier alpha value is -0.490. The van der Waals surface area contributed by atoms with Crippen LogP contribution in [0.2, 0.25) is 0 Å². The molecule has 1 aromatic rings. The summed E-state index contributed by atoms with van der Waals surface area (Å²) in [4.78, 5) is 4.37. The number of aliphatic hydroxyl groups excluding tert-OH is 1. The number of β-amino-alcohol motifs (C(OH)–C–C–N with tert-alkyl or cyclic N) is 1. The maximum Gasteiger partial charge on any atom is 0.0897 e. The number of aromatic nitrogens is 1. The molecule has 1 aliphatic heterocycles. The second kappa shape index (κ2) is 5.03. The lowest BCUT2D eigenvalue weighted by atomic mass is 10.1. The highest BCUT2D eigenvalue weighted by atomic mass is 32.1. The minimum Gasteiger partial charge on any atom is -0.391 e. The minimum atomic E-state index is -0.199. The van der Waals surface area contributed by atoms with Crippen LogP contribution in [0.4, 0.5) is 0 Å². The smallest absolute Gasteiger partial charge is 0.0897 e. The van der Waals surface area contributed by atoms with Crippen LogP contribution in [-0.4, -0.2) is 35.8 Å². The Morgan fingerprint density at radius 2 is 2.53 bits per heavy atom. The van der Waals surface area contributed by atoms with Crippen molar-refractivity contribution < 1.29 is 5.11 Å². The van der Waals surface area contributed by atoms with E-state index in [0.717, 1.165) is 36.9 Å². The number of nitrogens with zero attached hydrogens (tertiary/aromatic N) is 1. The molecule has 1 aliphatic rings. The highest BCUT2D eigenvalue weighted by Gasteiger charge is 2.23. The van der Waals surface area contributed by atoms with E-state index in [0.29, 0.717) is 5.92 Å². The molecule has 3 N–H and O–H groups in total. The second-order valence-electron chi connectivity index (χ2n) is 3.97. The Balaban J connectivity index is 1.70. The zero-order chi connectivity index (χ0) is 10.7. The molecule has 0 spiro atoms. The summed E-state index contributed by atoms with van der Waals surface area (Å²) in [5, 5.41) is 19.3. The summed E-state index contributed by atoms with van der Waals surface area (Å²) in [5.41, 5.74) is 1.10. The van der Waals surface area contributed by atoms with E-state index in [1.54, 1.807) is 11.3 Å². The lowest BCUT2D eigenvalue weighted by Crippen LogP contribution is -2.30. The number of nitrogens with one attached hydrogen (secondary N) is 2. The first-order valence-electron chi connectivity index (χ1n) is 5.26. The fourth-order valence-corrected chi connectivity index (χ4v) is 2.42. The lowest BCUT2D eigenvalue weighted by molar-refractivity contribution is 0.146. The Labute approximate surface area is 93.7 Å². The molecule has 0 aromatic carbocycles. The number of aliphatic hydroxyl groups is 1. The van der Waals surface area contributed by atoms with E-state index in [1.807, 2.05) is 6.92 Å². The zero-order valence-electron chi connectivity index (χ0n) is 8.86. The summed E-state index contributed by atoms with van der Waals surface area (Å²) in [5.74, 6) is 0.338. The van der Waals surface area contributed by atoms with Gasteiger partial charge in [0.15, 0.2) is 0 Å². The average molecular weight is 227 g/mol. The Morgan fingerprint density at radius 3 is 3.13 bits per heavy atom. The molecule has 1 fully saturated rings. The van der Waals surface area contributed by atoms with Gasteiger partial charge in [0.05, 0.1) is 16.8 Å². The molecule has 84 valence electrons. The second-order valence-corrected chi connectivity index (χ2v) is 5.04. The fraction of sp³-hybridized carbons (Fsp3) is 0.700. The van der Waals surface area contributed by atoms with Crippen molar-refractivity contribution in [3.63, 3.8) is 0 Å². The quantitative estimate of drug-likeness (QED) is 0.684. The molecule has 0 amide bonds. The van der Waals surface area contributed by atoms with Crippen molar-refractivity contribution in [2.45, 2.75) is 19.6 Å². The van der Waals surface area contributed by atoms with Crippen LogP contribution in [0, 0.1) is 12.8 Å². The first-order chi connectivity index (χ1) is 7.25. The molecule has 5 heteroatoms. The topological polar surface area (TPSA) is 57.2 Å². The molecule has 4 nitrogen and oxygen atoms in total. The van der Waals surface area contributed by atoms with Crippen molar-refractivity contribution in [1.82, 2.24) is 15.6 Å². The molecule has 1 saturated heterocycles. The normalized spacial score (nSPS) is 26.0. The monoisotopic (exact) mass is 227 g/mol. The predicted molar refractivity (Wildman–Crippen MR) is 60.9 cm³/mol. The van der Waals surface area contributed by atoms with E-state index in [4.69, 9.17) is 0 Å². The van der Waals surface area contributed by atoms with Gasteiger partial charge in [-0.25, -0.2) is 4.98 Å². The van der Waals surface area contributed by atoms with Crippen molar-refractivity contribution in [2.75, 3.05) is 19.6 Å². The van der Waals surface area contributed by atoms with Crippen LogP contribution in [0.3, 0.4) is 0 Å². The summed E-state index contributed by atoms with van der Waals surface area (Å²) >= 11 is 1.67. The van der Waals surface area contributed by atoms with E-state index in [1.165, 1.54) is 0 Å². The largest absolute Gasteiger partial charge is 0.391 e. The van der Waals surface area contributed by atoms with Gasteiger partial charge in [-0.3, -0.25) is 0 Å². The van der Waals surface area contributed by atoms with Crippen molar-refractivity contribution in [1.29, 1.82) is 0 Å². The molecular formula is C10H17N3OS. The number of rotatable bonds is 4. The van der Waals surface area contributed by atoms with Crippen LogP contribution in [0.1, 0.15) is 10.7 Å². The number of thiazole rings is 1. The third kappa shape index (κ3) is 2.98. The molecule has 2 rings (SSSR count). The van der Waals surface area contributed by atoms with Gasteiger partial charge in [0.2, 0.25) is 0 Å². The van der Waals surface area contributed by atoms with Gasteiger partial charge in [0, 0.05) is 37.5 Å². The SMILES string of the molecule is Cc1nc(CNCC2CNCC2O)cs1. The van der Waals surface area contributed by atoms with Crippen molar-refractivity contribution in [3.8, 4) is 0 Å². The Morgan fingerprint density at radius 1 is 1.67 bits per heavy atom. The molecule has 0 radical (unpaired) electrons. The van der Waals surface area contributed by atoms with Crippen molar-refractivity contribution in [2.24, 2.45) is 5.92 Å². The molecule has 15 heavy (non-hydrogen) atoms. The van der Waals surface area contributed by atoms with Gasteiger partial charge in [0.25, 0.3) is 0 Å². The molecule has 0 aliphatic carbocycles.